The molecule has 1 rings (SSSR count). The van der Waals surface area contributed by atoms with E-state index >= 15 is 0 Å². The molecule has 0 aliphatic carbocycles. The number of hydrogen-bond donors (Lipinski definition) is 2. The third-order valence-corrected chi connectivity index (χ3v) is 2.67. The first-order valence-corrected chi connectivity index (χ1v) is 6.84. The Hall–Kier alpha value is -1.30. The first-order chi connectivity index (χ1) is 8.88. The van der Waals surface area contributed by atoms with Gasteiger partial charge in [0.25, 0.3) is 0 Å². The molecule has 0 saturated carbocycles. The summed E-state index contributed by atoms with van der Waals surface area (Å²) >= 11 is 0. The van der Waals surface area contributed by atoms with Crippen LogP contribution in [-0.4, -0.2) is 55.2 Å². The van der Waals surface area contributed by atoms with Crippen LogP contribution in [0.25, 0.3) is 0 Å². The molecule has 1 heterocycles. The molecule has 19 heavy (non-hydrogen) atoms. The van der Waals surface area contributed by atoms with Gasteiger partial charge in [0.15, 0.2) is 0 Å². The fourth-order valence-corrected chi connectivity index (χ4v) is 1.76. The number of hydrogen-bond acceptors (Lipinski definition) is 4. The summed E-state index contributed by atoms with van der Waals surface area (Å²) in [7, 11) is 0. The minimum atomic E-state index is -0.495. The van der Waals surface area contributed by atoms with Crippen LogP contribution in [0.2, 0.25) is 0 Å². The van der Waals surface area contributed by atoms with E-state index in [2.05, 4.69) is 10.6 Å². The fraction of sp³-hybridized carbons (Fsp3) is 0.846. The van der Waals surface area contributed by atoms with Crippen molar-refractivity contribution in [2.75, 3.05) is 32.7 Å². The molecule has 2 N–H and O–H groups in total. The van der Waals surface area contributed by atoms with Crippen LogP contribution < -0.4 is 10.6 Å². The Morgan fingerprint density at radius 2 is 1.95 bits per heavy atom. The molecule has 1 aliphatic heterocycles. The molecule has 0 bridgehead atoms. The Balaban J connectivity index is 2.53. The van der Waals surface area contributed by atoms with Gasteiger partial charge in [0.2, 0.25) is 5.91 Å². The lowest BCUT2D eigenvalue weighted by Crippen LogP contribution is -2.42. The zero-order chi connectivity index (χ0) is 14.3. The van der Waals surface area contributed by atoms with Crippen molar-refractivity contribution in [3.63, 3.8) is 0 Å². The zero-order valence-corrected chi connectivity index (χ0v) is 12.1. The van der Waals surface area contributed by atoms with Gasteiger partial charge in [-0.1, -0.05) is 0 Å². The Bertz CT molecular complexity index is 313. The maximum Gasteiger partial charge on any atom is 0.410 e. The van der Waals surface area contributed by atoms with Gasteiger partial charge in [-0.25, -0.2) is 4.79 Å². The van der Waals surface area contributed by atoms with Crippen LogP contribution in [-0.2, 0) is 9.53 Å². The number of ether oxygens (including phenoxy) is 1. The largest absolute Gasteiger partial charge is 0.444 e. The predicted octanol–water partition coefficient (Wildman–Crippen LogP) is 0.723. The van der Waals surface area contributed by atoms with Gasteiger partial charge in [-0.2, -0.15) is 0 Å². The minimum absolute atomic E-state index is 0.0125. The van der Waals surface area contributed by atoms with Crippen molar-refractivity contribution in [3.8, 4) is 0 Å². The summed E-state index contributed by atoms with van der Waals surface area (Å²) < 4.78 is 5.36. The van der Waals surface area contributed by atoms with Gasteiger partial charge in [0, 0.05) is 32.6 Å². The van der Waals surface area contributed by atoms with E-state index < -0.39 is 5.60 Å². The molecule has 0 aromatic rings. The summed E-state index contributed by atoms with van der Waals surface area (Å²) in [6, 6.07) is 0. The predicted molar refractivity (Wildman–Crippen MR) is 72.9 cm³/mol. The van der Waals surface area contributed by atoms with Gasteiger partial charge < -0.3 is 20.3 Å². The van der Waals surface area contributed by atoms with E-state index in [1.807, 2.05) is 20.8 Å². The summed E-state index contributed by atoms with van der Waals surface area (Å²) in [6.45, 7) is 8.61. The van der Waals surface area contributed by atoms with Crippen molar-refractivity contribution in [2.24, 2.45) is 0 Å². The molecule has 0 aromatic carbocycles. The summed E-state index contributed by atoms with van der Waals surface area (Å²) in [5, 5.41) is 5.98. The van der Waals surface area contributed by atoms with Crippen LogP contribution in [0.5, 0.6) is 0 Å². The Morgan fingerprint density at radius 1 is 1.21 bits per heavy atom. The molecule has 0 radical (unpaired) electrons. The molecule has 1 aliphatic rings. The summed E-state index contributed by atoms with van der Waals surface area (Å²) in [5.41, 5.74) is -0.495. The second-order valence-electron chi connectivity index (χ2n) is 5.67. The molecule has 2 amide bonds. The number of carbonyl (C=O) groups excluding carboxylic acids is 2. The Labute approximate surface area is 114 Å². The molecule has 1 saturated heterocycles. The number of amides is 2. The van der Waals surface area contributed by atoms with E-state index in [1.54, 1.807) is 4.90 Å². The average molecular weight is 271 g/mol. The van der Waals surface area contributed by atoms with E-state index in [-0.39, 0.29) is 12.0 Å². The van der Waals surface area contributed by atoms with Crippen molar-refractivity contribution in [2.45, 2.75) is 39.2 Å². The van der Waals surface area contributed by atoms with Crippen molar-refractivity contribution in [1.82, 2.24) is 15.5 Å². The monoisotopic (exact) mass is 271 g/mol. The highest BCUT2D eigenvalue weighted by Crippen LogP contribution is 2.10. The smallest absolute Gasteiger partial charge is 0.410 e. The van der Waals surface area contributed by atoms with Crippen LogP contribution in [0, 0.1) is 0 Å². The normalized spacial score (nSPS) is 19.3. The van der Waals surface area contributed by atoms with E-state index in [0.29, 0.717) is 32.6 Å². The zero-order valence-electron chi connectivity index (χ0n) is 12.1. The van der Waals surface area contributed by atoms with Gasteiger partial charge in [0.1, 0.15) is 5.60 Å². The van der Waals surface area contributed by atoms with E-state index in [4.69, 9.17) is 4.74 Å². The highest BCUT2D eigenvalue weighted by molar-refractivity contribution is 5.76. The first kappa shape index (κ1) is 15.8. The van der Waals surface area contributed by atoms with Gasteiger partial charge in [-0.3, -0.25) is 4.79 Å². The summed E-state index contributed by atoms with van der Waals surface area (Å²) in [4.78, 5) is 25.1. The Morgan fingerprint density at radius 3 is 2.63 bits per heavy atom. The van der Waals surface area contributed by atoms with E-state index in [0.717, 1.165) is 13.0 Å². The number of rotatable bonds is 0. The quantitative estimate of drug-likeness (QED) is 0.681. The second-order valence-corrected chi connectivity index (χ2v) is 5.67. The molecule has 110 valence electrons. The van der Waals surface area contributed by atoms with Crippen LogP contribution in [0.1, 0.15) is 33.6 Å². The lowest BCUT2D eigenvalue weighted by atomic mass is 10.2. The molecule has 6 nitrogen and oxygen atoms in total. The van der Waals surface area contributed by atoms with Crippen LogP contribution in [0.3, 0.4) is 0 Å². The van der Waals surface area contributed by atoms with Gasteiger partial charge >= 0.3 is 6.09 Å². The van der Waals surface area contributed by atoms with Gasteiger partial charge in [0.05, 0.1) is 0 Å². The topological polar surface area (TPSA) is 70.7 Å². The maximum absolute atomic E-state index is 12.0. The summed E-state index contributed by atoms with van der Waals surface area (Å²) in [5.74, 6) is 0.0125. The van der Waals surface area contributed by atoms with Gasteiger partial charge in [-0.15, -0.1) is 0 Å². The van der Waals surface area contributed by atoms with Crippen molar-refractivity contribution >= 4 is 12.0 Å². The minimum Gasteiger partial charge on any atom is -0.444 e. The number of nitrogens with one attached hydrogen (secondary N) is 2. The maximum atomic E-state index is 12.0. The summed E-state index contributed by atoms with van der Waals surface area (Å²) in [6.07, 6.45) is 1.01. The van der Waals surface area contributed by atoms with E-state index in [1.165, 1.54) is 0 Å². The number of nitrogens with zero attached hydrogens (tertiary/aromatic N) is 1. The van der Waals surface area contributed by atoms with Gasteiger partial charge in [-0.05, 0) is 33.7 Å². The molecule has 1 fully saturated rings. The fourth-order valence-electron chi connectivity index (χ4n) is 1.76. The lowest BCUT2D eigenvalue weighted by molar-refractivity contribution is -0.121. The molecular formula is C13H25N3O3. The standard InChI is InChI=1S/C13H25N3O3/c1-13(2,3)19-12(18)16-9-4-6-14-7-5-11(17)15-8-10-16/h14H,4-10H2,1-3H3,(H,15,17). The molecule has 0 aromatic heterocycles. The second kappa shape index (κ2) is 7.33. The van der Waals surface area contributed by atoms with Crippen LogP contribution in [0.15, 0.2) is 0 Å². The van der Waals surface area contributed by atoms with Crippen LogP contribution >= 0.6 is 0 Å². The first-order valence-electron chi connectivity index (χ1n) is 6.84. The van der Waals surface area contributed by atoms with Crippen molar-refractivity contribution < 1.29 is 14.3 Å². The third kappa shape index (κ3) is 7.00. The molecule has 0 atom stereocenters. The molecule has 0 unspecified atom stereocenters. The third-order valence-electron chi connectivity index (χ3n) is 2.67. The SMILES string of the molecule is CC(C)(C)OC(=O)N1CCCNCCC(=O)NCC1. The van der Waals surface area contributed by atoms with Crippen molar-refractivity contribution in [3.05, 3.63) is 0 Å². The Kier molecular flexibility index (Phi) is 6.08. The van der Waals surface area contributed by atoms with Crippen LogP contribution in [0.4, 0.5) is 4.79 Å². The van der Waals surface area contributed by atoms with E-state index in [9.17, 15) is 9.59 Å². The highest BCUT2D eigenvalue weighted by Gasteiger charge is 2.21. The lowest BCUT2D eigenvalue weighted by Gasteiger charge is -2.27. The molecule has 0 spiro atoms. The molecular weight excluding hydrogens is 246 g/mol. The molecule has 6 heteroatoms. The number of carbonyl (C=O) groups is 2. The van der Waals surface area contributed by atoms with Crippen molar-refractivity contribution in [1.29, 1.82) is 0 Å². The highest BCUT2D eigenvalue weighted by atomic mass is 16.6. The average Bonchev–Trinajstić information content (AvgIpc) is 2.32.